The minimum Gasteiger partial charge on any atom is -0.295 e. The summed E-state index contributed by atoms with van der Waals surface area (Å²) in [5, 5.41) is 2.99. The molecule has 2 aromatic heterocycles. The van der Waals surface area contributed by atoms with E-state index in [1.807, 2.05) is 0 Å². The second kappa shape index (κ2) is 3.32. The van der Waals surface area contributed by atoms with Crippen LogP contribution in [0.15, 0.2) is 12.1 Å². The fourth-order valence-electron chi connectivity index (χ4n) is 1.76. The van der Waals surface area contributed by atoms with Crippen LogP contribution in [0.3, 0.4) is 0 Å². The van der Waals surface area contributed by atoms with Crippen molar-refractivity contribution in [3.63, 3.8) is 0 Å². The van der Waals surface area contributed by atoms with Crippen molar-refractivity contribution >= 4 is 17.9 Å². The van der Waals surface area contributed by atoms with E-state index in [1.54, 1.807) is 6.07 Å². The van der Waals surface area contributed by atoms with Crippen molar-refractivity contribution in [2.24, 2.45) is 0 Å². The van der Waals surface area contributed by atoms with Gasteiger partial charge in [-0.25, -0.2) is 9.50 Å². The topological polar surface area (TPSA) is 33.1 Å². The average Bonchev–Trinajstić information content (AvgIpc) is 2.97. The maximum absolute atomic E-state index is 12.5. The Morgan fingerprint density at radius 3 is 2.65 bits per heavy atom. The zero-order chi connectivity index (χ0) is 12.2. The van der Waals surface area contributed by atoms with Crippen molar-refractivity contribution in [3.05, 3.63) is 28.2 Å². The van der Waals surface area contributed by atoms with Gasteiger partial charge in [-0.3, -0.25) is 5.10 Å². The summed E-state index contributed by atoms with van der Waals surface area (Å²) in [7, 11) is 0. The maximum atomic E-state index is 12.5. The van der Waals surface area contributed by atoms with E-state index >= 15 is 0 Å². The van der Waals surface area contributed by atoms with Gasteiger partial charge in [-0.05, 0) is 12.8 Å². The quantitative estimate of drug-likeness (QED) is 0.797. The number of aromatic amines is 1. The molecular weight excluding hydrogens is 251 g/mol. The Morgan fingerprint density at radius 2 is 2.06 bits per heavy atom. The largest absolute Gasteiger partial charge is 0.433 e. The number of hydrogen-bond donors (Lipinski definition) is 1. The molecule has 0 unspecified atom stereocenters. The van der Waals surface area contributed by atoms with Crippen LogP contribution in [0.2, 0.25) is 0 Å². The molecule has 0 amide bonds. The van der Waals surface area contributed by atoms with E-state index in [0.29, 0.717) is 5.92 Å². The number of alkyl halides is 3. The number of aromatic nitrogens is 3. The van der Waals surface area contributed by atoms with Crippen molar-refractivity contribution in [1.29, 1.82) is 0 Å². The second-order valence-electron chi connectivity index (χ2n) is 4.16. The Labute approximate surface area is 99.3 Å². The fourth-order valence-corrected chi connectivity index (χ4v) is 2.01. The molecule has 1 aliphatic rings. The van der Waals surface area contributed by atoms with Crippen LogP contribution in [-0.4, -0.2) is 14.6 Å². The standard InChI is InChI=1S/C10H8F3N3S/c11-10(12,13)7-4-9(17)16-8(14-7)3-6(15-16)5-1-2-5/h3-5,15H,1-2H2. The van der Waals surface area contributed by atoms with E-state index in [1.165, 1.54) is 4.52 Å². The Kier molecular flexibility index (Phi) is 2.10. The number of halogens is 3. The van der Waals surface area contributed by atoms with Crippen LogP contribution < -0.4 is 0 Å². The summed E-state index contributed by atoms with van der Waals surface area (Å²) in [4.78, 5) is 3.58. The van der Waals surface area contributed by atoms with Crippen molar-refractivity contribution in [3.8, 4) is 0 Å². The van der Waals surface area contributed by atoms with E-state index in [-0.39, 0.29) is 10.3 Å². The minimum atomic E-state index is -4.46. The summed E-state index contributed by atoms with van der Waals surface area (Å²) in [5.41, 5.74) is 0.193. The number of rotatable bonds is 1. The number of H-pyrrole nitrogens is 1. The van der Waals surface area contributed by atoms with Gasteiger partial charge in [0.05, 0.1) is 0 Å². The molecule has 3 nitrogen and oxygen atoms in total. The smallest absolute Gasteiger partial charge is 0.295 e. The first kappa shape index (κ1) is 10.8. The fraction of sp³-hybridized carbons (Fsp3) is 0.400. The first-order valence-corrected chi connectivity index (χ1v) is 5.56. The van der Waals surface area contributed by atoms with Crippen LogP contribution in [0.1, 0.15) is 30.1 Å². The summed E-state index contributed by atoms with van der Waals surface area (Å²) < 4.78 is 39.1. The van der Waals surface area contributed by atoms with E-state index in [2.05, 4.69) is 10.1 Å². The van der Waals surface area contributed by atoms with Gasteiger partial charge < -0.3 is 0 Å². The normalized spacial score (nSPS) is 16.6. The molecule has 17 heavy (non-hydrogen) atoms. The van der Waals surface area contributed by atoms with E-state index in [0.717, 1.165) is 24.6 Å². The summed E-state index contributed by atoms with van der Waals surface area (Å²) in [6.45, 7) is 0. The third kappa shape index (κ3) is 1.84. The molecule has 0 atom stereocenters. The molecule has 1 saturated carbocycles. The molecule has 0 saturated heterocycles. The Hall–Kier alpha value is -1.37. The van der Waals surface area contributed by atoms with Gasteiger partial charge in [0.15, 0.2) is 5.65 Å². The summed E-state index contributed by atoms with van der Waals surface area (Å²) >= 11 is 4.92. The number of hydrogen-bond acceptors (Lipinski definition) is 2. The molecule has 0 aromatic carbocycles. The number of fused-ring (bicyclic) bond motifs is 1. The lowest BCUT2D eigenvalue weighted by Gasteiger charge is -2.05. The molecule has 0 spiro atoms. The first-order valence-electron chi connectivity index (χ1n) is 5.15. The average molecular weight is 259 g/mol. The van der Waals surface area contributed by atoms with E-state index in [4.69, 9.17) is 12.2 Å². The molecule has 0 aliphatic heterocycles. The lowest BCUT2D eigenvalue weighted by Crippen LogP contribution is -2.09. The molecule has 0 radical (unpaired) electrons. The lowest BCUT2D eigenvalue weighted by molar-refractivity contribution is -0.141. The number of nitrogens with one attached hydrogen (secondary N) is 1. The summed E-state index contributed by atoms with van der Waals surface area (Å²) in [6, 6.07) is 2.51. The van der Waals surface area contributed by atoms with Gasteiger partial charge in [-0.1, -0.05) is 12.2 Å². The molecule has 90 valence electrons. The Balaban J connectivity index is 2.21. The maximum Gasteiger partial charge on any atom is 0.433 e. The van der Waals surface area contributed by atoms with Crippen molar-refractivity contribution < 1.29 is 13.2 Å². The van der Waals surface area contributed by atoms with E-state index < -0.39 is 11.9 Å². The third-order valence-electron chi connectivity index (χ3n) is 2.78. The Morgan fingerprint density at radius 1 is 1.35 bits per heavy atom. The minimum absolute atomic E-state index is 0.0919. The predicted octanol–water partition coefficient (Wildman–Crippen LogP) is 3.29. The second-order valence-corrected chi connectivity index (χ2v) is 4.58. The van der Waals surface area contributed by atoms with Crippen molar-refractivity contribution in [2.75, 3.05) is 0 Å². The van der Waals surface area contributed by atoms with Crippen LogP contribution in [0.4, 0.5) is 13.2 Å². The van der Waals surface area contributed by atoms with Crippen LogP contribution in [0, 0.1) is 4.64 Å². The summed E-state index contributed by atoms with van der Waals surface area (Å²) in [5.74, 6) is 0.417. The Bertz CT molecular complexity index is 636. The number of nitrogens with zero attached hydrogens (tertiary/aromatic N) is 2. The molecule has 1 fully saturated rings. The van der Waals surface area contributed by atoms with E-state index in [9.17, 15) is 13.2 Å². The van der Waals surface area contributed by atoms with Crippen LogP contribution in [0.5, 0.6) is 0 Å². The van der Waals surface area contributed by atoms with Crippen LogP contribution in [0.25, 0.3) is 5.65 Å². The van der Waals surface area contributed by atoms with Gasteiger partial charge in [0.1, 0.15) is 10.3 Å². The van der Waals surface area contributed by atoms with Gasteiger partial charge in [0.25, 0.3) is 0 Å². The first-order chi connectivity index (χ1) is 7.95. The van der Waals surface area contributed by atoms with Crippen molar-refractivity contribution in [2.45, 2.75) is 24.9 Å². The molecule has 3 rings (SSSR count). The van der Waals surface area contributed by atoms with Gasteiger partial charge in [0.2, 0.25) is 0 Å². The van der Waals surface area contributed by atoms with Crippen molar-refractivity contribution in [1.82, 2.24) is 14.6 Å². The molecular formula is C10H8F3N3S. The van der Waals surface area contributed by atoms with Gasteiger partial charge in [-0.2, -0.15) is 13.2 Å². The molecule has 1 aliphatic carbocycles. The molecule has 2 aromatic rings. The highest BCUT2D eigenvalue weighted by Crippen LogP contribution is 2.39. The van der Waals surface area contributed by atoms with Gasteiger partial charge >= 0.3 is 6.18 Å². The van der Waals surface area contributed by atoms with Crippen LogP contribution in [-0.2, 0) is 6.18 Å². The zero-order valence-electron chi connectivity index (χ0n) is 8.58. The zero-order valence-corrected chi connectivity index (χ0v) is 9.40. The molecule has 1 N–H and O–H groups in total. The van der Waals surface area contributed by atoms with Gasteiger partial charge in [-0.15, -0.1) is 0 Å². The SMILES string of the molecule is FC(F)(F)c1cc(=S)n2[nH]c(C3CC3)cc2n1. The monoisotopic (exact) mass is 259 g/mol. The molecule has 0 bridgehead atoms. The highest BCUT2D eigenvalue weighted by Gasteiger charge is 2.33. The van der Waals surface area contributed by atoms with Crippen LogP contribution >= 0.6 is 12.2 Å². The molecule has 7 heteroatoms. The van der Waals surface area contributed by atoms with Gasteiger partial charge in [0, 0.05) is 23.7 Å². The highest BCUT2D eigenvalue weighted by atomic mass is 32.1. The highest BCUT2D eigenvalue weighted by molar-refractivity contribution is 7.71. The predicted molar refractivity (Wildman–Crippen MR) is 57.4 cm³/mol. The third-order valence-corrected chi connectivity index (χ3v) is 3.08. The molecule has 2 heterocycles. The summed E-state index contributed by atoms with van der Waals surface area (Å²) in [6.07, 6.45) is -2.34. The lowest BCUT2D eigenvalue weighted by atomic mass is 10.3.